The maximum Gasteiger partial charge on any atom is 0.244 e. The number of nitrogens with one attached hydrogen (secondary N) is 1. The Morgan fingerprint density at radius 1 is 1.09 bits per heavy atom. The first-order valence-corrected chi connectivity index (χ1v) is 12.7. The summed E-state index contributed by atoms with van der Waals surface area (Å²) in [5, 5.41) is 2.81. The minimum absolute atomic E-state index is 0.148. The molecule has 0 saturated heterocycles. The number of benzene rings is 2. The number of para-hydroxylation sites is 1. The first-order chi connectivity index (χ1) is 15.6. The van der Waals surface area contributed by atoms with Crippen molar-refractivity contribution in [3.05, 3.63) is 59.7 Å². The number of sulfonamides is 1. The van der Waals surface area contributed by atoms with Crippen LogP contribution in [0.3, 0.4) is 0 Å². The second-order valence-electron chi connectivity index (χ2n) is 7.89. The smallest absolute Gasteiger partial charge is 0.244 e. The minimum atomic E-state index is -3.74. The van der Waals surface area contributed by atoms with Crippen LogP contribution in [-0.4, -0.2) is 57.6 Å². The van der Waals surface area contributed by atoms with Gasteiger partial charge in [-0.3, -0.25) is 13.9 Å². The molecule has 0 fully saturated rings. The molecule has 1 N–H and O–H groups in total. The van der Waals surface area contributed by atoms with Crippen LogP contribution in [0.25, 0.3) is 0 Å². The molecule has 2 amide bonds. The number of amides is 2. The lowest BCUT2D eigenvalue weighted by Crippen LogP contribution is -2.51. The van der Waals surface area contributed by atoms with Gasteiger partial charge in [-0.05, 0) is 49.6 Å². The predicted molar refractivity (Wildman–Crippen MR) is 130 cm³/mol. The maximum atomic E-state index is 13.4. The molecule has 0 saturated carbocycles. The Morgan fingerprint density at radius 3 is 2.27 bits per heavy atom. The van der Waals surface area contributed by atoms with E-state index in [0.717, 1.165) is 28.1 Å². The van der Waals surface area contributed by atoms with Crippen LogP contribution in [0.5, 0.6) is 5.75 Å². The van der Waals surface area contributed by atoms with Gasteiger partial charge in [-0.25, -0.2) is 8.42 Å². The third-order valence-electron chi connectivity index (χ3n) is 5.29. The molecule has 1 atom stereocenters. The number of carbonyl (C=O) groups is 2. The number of hydrogen-bond acceptors (Lipinski definition) is 5. The lowest BCUT2D eigenvalue weighted by molar-refractivity contribution is -0.139. The molecular formula is C24H33N3O5S. The quantitative estimate of drug-likeness (QED) is 0.539. The van der Waals surface area contributed by atoms with Crippen LogP contribution in [0.15, 0.2) is 48.5 Å². The number of carbonyl (C=O) groups excluding carboxylic acids is 2. The number of methoxy groups -OCH3 is 1. The third kappa shape index (κ3) is 7.21. The van der Waals surface area contributed by atoms with E-state index in [1.165, 1.54) is 4.90 Å². The highest BCUT2D eigenvalue weighted by molar-refractivity contribution is 7.92. The summed E-state index contributed by atoms with van der Waals surface area (Å²) < 4.78 is 31.4. The molecule has 8 nitrogen and oxygen atoms in total. The van der Waals surface area contributed by atoms with Crippen molar-refractivity contribution in [2.75, 3.05) is 30.8 Å². The van der Waals surface area contributed by atoms with Crippen LogP contribution in [0.4, 0.5) is 5.69 Å². The average Bonchev–Trinajstić information content (AvgIpc) is 2.79. The van der Waals surface area contributed by atoms with E-state index in [9.17, 15) is 18.0 Å². The molecule has 0 heterocycles. The number of hydrogen-bond donors (Lipinski definition) is 1. The summed E-state index contributed by atoms with van der Waals surface area (Å²) in [7, 11) is -2.18. The van der Waals surface area contributed by atoms with E-state index < -0.39 is 28.5 Å². The van der Waals surface area contributed by atoms with Crippen molar-refractivity contribution < 1.29 is 22.7 Å². The highest BCUT2D eigenvalue weighted by atomic mass is 32.2. The van der Waals surface area contributed by atoms with E-state index in [0.29, 0.717) is 18.0 Å². The fourth-order valence-corrected chi connectivity index (χ4v) is 4.25. The summed E-state index contributed by atoms with van der Waals surface area (Å²) in [4.78, 5) is 27.5. The fourth-order valence-electron chi connectivity index (χ4n) is 3.34. The molecule has 2 aromatic carbocycles. The van der Waals surface area contributed by atoms with Crippen LogP contribution >= 0.6 is 0 Å². The van der Waals surface area contributed by atoms with Crippen molar-refractivity contribution in [1.29, 1.82) is 0 Å². The Morgan fingerprint density at radius 2 is 1.73 bits per heavy atom. The number of nitrogens with zero attached hydrogens (tertiary/aromatic N) is 2. The normalized spacial score (nSPS) is 12.0. The monoisotopic (exact) mass is 475 g/mol. The summed E-state index contributed by atoms with van der Waals surface area (Å²) in [6.45, 7) is 5.60. The Hall–Kier alpha value is -3.07. The molecule has 0 aromatic heterocycles. The summed E-state index contributed by atoms with van der Waals surface area (Å²) in [5.41, 5.74) is 1.95. The van der Waals surface area contributed by atoms with Gasteiger partial charge in [0, 0.05) is 13.1 Å². The molecule has 9 heteroatoms. The third-order valence-corrected chi connectivity index (χ3v) is 6.42. The van der Waals surface area contributed by atoms with Gasteiger partial charge < -0.3 is 15.0 Å². The zero-order chi connectivity index (χ0) is 24.6. The van der Waals surface area contributed by atoms with Gasteiger partial charge in [0.2, 0.25) is 21.8 Å². The number of rotatable bonds is 11. The van der Waals surface area contributed by atoms with Gasteiger partial charge in [0.25, 0.3) is 0 Å². The van der Waals surface area contributed by atoms with Crippen molar-refractivity contribution in [1.82, 2.24) is 10.2 Å². The van der Waals surface area contributed by atoms with Crippen LogP contribution in [-0.2, 0) is 26.2 Å². The van der Waals surface area contributed by atoms with E-state index in [1.807, 2.05) is 19.1 Å². The molecule has 0 bridgehead atoms. The summed E-state index contributed by atoms with van der Waals surface area (Å²) in [6, 6.07) is 13.4. The molecule has 0 aliphatic heterocycles. The zero-order valence-electron chi connectivity index (χ0n) is 19.9. The van der Waals surface area contributed by atoms with Crippen LogP contribution < -0.4 is 14.4 Å². The summed E-state index contributed by atoms with van der Waals surface area (Å²) in [6.07, 6.45) is 1.83. The molecule has 0 radical (unpaired) electrons. The largest absolute Gasteiger partial charge is 0.497 e. The summed E-state index contributed by atoms with van der Waals surface area (Å²) >= 11 is 0. The van der Waals surface area contributed by atoms with Gasteiger partial charge in [-0.2, -0.15) is 0 Å². The molecule has 2 rings (SSSR count). The SMILES string of the molecule is CCCNC(=O)C(C)N(Cc1ccc(OC)cc1)C(=O)CN(c1ccccc1C)S(C)(=O)=O. The summed E-state index contributed by atoms with van der Waals surface area (Å²) in [5.74, 6) is -0.0904. The molecule has 1 unspecified atom stereocenters. The van der Waals surface area contributed by atoms with Gasteiger partial charge in [0.1, 0.15) is 18.3 Å². The second kappa shape index (κ2) is 11.7. The number of ether oxygens (including phenoxy) is 1. The van der Waals surface area contributed by atoms with Crippen molar-refractivity contribution >= 4 is 27.5 Å². The minimum Gasteiger partial charge on any atom is -0.497 e. The number of anilines is 1. The topological polar surface area (TPSA) is 96.0 Å². The van der Waals surface area contributed by atoms with Crippen LogP contribution in [0, 0.1) is 6.92 Å². The lowest BCUT2D eigenvalue weighted by atomic mass is 10.1. The first kappa shape index (κ1) is 26.2. The van der Waals surface area contributed by atoms with E-state index in [-0.39, 0.29) is 12.5 Å². The fraction of sp³-hybridized carbons (Fsp3) is 0.417. The standard InChI is InChI=1S/C24H33N3O5S/c1-6-15-25-24(29)19(3)26(16-20-11-13-21(32-4)14-12-20)23(28)17-27(33(5,30)31)22-10-8-7-9-18(22)2/h7-14,19H,6,15-17H2,1-5H3,(H,25,29). The predicted octanol–water partition coefficient (Wildman–Crippen LogP) is 2.71. The van der Waals surface area contributed by atoms with Crippen molar-refractivity contribution in [2.24, 2.45) is 0 Å². The maximum absolute atomic E-state index is 13.4. The van der Waals surface area contributed by atoms with E-state index >= 15 is 0 Å². The van der Waals surface area contributed by atoms with Crippen molar-refractivity contribution in [2.45, 2.75) is 39.8 Å². The highest BCUT2D eigenvalue weighted by Crippen LogP contribution is 2.23. The van der Waals surface area contributed by atoms with Crippen molar-refractivity contribution in [3.8, 4) is 5.75 Å². The van der Waals surface area contributed by atoms with Crippen LogP contribution in [0.1, 0.15) is 31.4 Å². The molecule has 0 aliphatic rings. The molecule has 2 aromatic rings. The van der Waals surface area contributed by atoms with Gasteiger partial charge in [0.15, 0.2) is 0 Å². The van der Waals surface area contributed by atoms with Crippen LogP contribution in [0.2, 0.25) is 0 Å². The molecule has 0 spiro atoms. The Bertz CT molecular complexity index is 1050. The van der Waals surface area contributed by atoms with E-state index in [2.05, 4.69) is 5.32 Å². The molecule has 0 aliphatic carbocycles. The van der Waals surface area contributed by atoms with Gasteiger partial charge in [-0.1, -0.05) is 37.3 Å². The van der Waals surface area contributed by atoms with Gasteiger partial charge in [0.05, 0.1) is 19.1 Å². The van der Waals surface area contributed by atoms with Crippen molar-refractivity contribution in [3.63, 3.8) is 0 Å². The zero-order valence-corrected chi connectivity index (χ0v) is 20.7. The van der Waals surface area contributed by atoms with Gasteiger partial charge in [-0.15, -0.1) is 0 Å². The lowest BCUT2D eigenvalue weighted by Gasteiger charge is -2.32. The van der Waals surface area contributed by atoms with E-state index in [4.69, 9.17) is 4.74 Å². The highest BCUT2D eigenvalue weighted by Gasteiger charge is 2.30. The Labute approximate surface area is 196 Å². The molecular weight excluding hydrogens is 442 g/mol. The Kier molecular flexibility index (Phi) is 9.28. The molecule has 180 valence electrons. The van der Waals surface area contributed by atoms with Gasteiger partial charge >= 0.3 is 0 Å². The molecule has 33 heavy (non-hydrogen) atoms. The first-order valence-electron chi connectivity index (χ1n) is 10.8. The van der Waals surface area contributed by atoms with E-state index in [1.54, 1.807) is 57.4 Å². The number of aryl methyl sites for hydroxylation is 1. The second-order valence-corrected chi connectivity index (χ2v) is 9.80. The Balaban J connectivity index is 2.37. The average molecular weight is 476 g/mol.